The summed E-state index contributed by atoms with van der Waals surface area (Å²) in [5.41, 5.74) is -1.16. The van der Waals surface area contributed by atoms with Crippen LogP contribution < -0.4 is 0 Å². The molecule has 0 N–H and O–H groups in total. The molecule has 10 heteroatoms. The maximum atomic E-state index is 11.3. The SMILES string of the molecule is COC(=O)C(Cl)C(Cl)c1ccc([N+](=O)[O-])cc1[N+](=O)[O-]. The number of nitro groups is 2. The molecule has 0 heterocycles. The van der Waals surface area contributed by atoms with Gasteiger partial charge in [-0.1, -0.05) is 0 Å². The zero-order valence-electron chi connectivity index (χ0n) is 9.99. The molecule has 0 spiro atoms. The lowest BCUT2D eigenvalue weighted by Crippen LogP contribution is -2.21. The number of carbonyl (C=O) groups excluding carboxylic acids is 1. The van der Waals surface area contributed by atoms with Gasteiger partial charge in [-0.05, 0) is 6.07 Å². The van der Waals surface area contributed by atoms with E-state index in [1.54, 1.807) is 0 Å². The second-order valence-electron chi connectivity index (χ2n) is 3.58. The van der Waals surface area contributed by atoms with Crippen molar-refractivity contribution in [2.75, 3.05) is 7.11 Å². The van der Waals surface area contributed by atoms with Gasteiger partial charge in [0, 0.05) is 6.07 Å². The molecular weight excluding hydrogens is 315 g/mol. The van der Waals surface area contributed by atoms with Crippen LogP contribution in [-0.4, -0.2) is 28.3 Å². The number of non-ortho nitro benzene ring substituents is 1. The van der Waals surface area contributed by atoms with Gasteiger partial charge in [-0.3, -0.25) is 25.0 Å². The number of benzene rings is 1. The quantitative estimate of drug-likeness (QED) is 0.356. The second kappa shape index (κ2) is 6.49. The van der Waals surface area contributed by atoms with Gasteiger partial charge in [0.25, 0.3) is 11.4 Å². The predicted octanol–water partition coefficient (Wildman–Crippen LogP) is 2.56. The van der Waals surface area contributed by atoms with Gasteiger partial charge >= 0.3 is 5.97 Å². The van der Waals surface area contributed by atoms with E-state index in [4.69, 9.17) is 23.2 Å². The molecule has 20 heavy (non-hydrogen) atoms. The van der Waals surface area contributed by atoms with E-state index in [0.29, 0.717) is 0 Å². The summed E-state index contributed by atoms with van der Waals surface area (Å²) in [6.45, 7) is 0. The second-order valence-corrected chi connectivity index (χ2v) is 4.52. The van der Waals surface area contributed by atoms with E-state index in [2.05, 4.69) is 4.74 Å². The highest BCUT2D eigenvalue weighted by Crippen LogP contribution is 2.36. The van der Waals surface area contributed by atoms with Crippen molar-refractivity contribution < 1.29 is 19.4 Å². The van der Waals surface area contributed by atoms with E-state index in [1.807, 2.05) is 0 Å². The molecule has 0 saturated carbocycles. The highest BCUT2D eigenvalue weighted by molar-refractivity contribution is 6.36. The number of halogens is 2. The Labute approximate surface area is 122 Å². The molecule has 0 fully saturated rings. The third-order valence-electron chi connectivity index (χ3n) is 2.40. The molecule has 0 aliphatic heterocycles. The maximum absolute atomic E-state index is 11.3. The molecule has 2 atom stereocenters. The van der Waals surface area contributed by atoms with Crippen LogP contribution in [0.2, 0.25) is 0 Å². The largest absolute Gasteiger partial charge is 0.468 e. The van der Waals surface area contributed by atoms with E-state index in [-0.39, 0.29) is 5.56 Å². The molecule has 2 unspecified atom stereocenters. The molecule has 0 bridgehead atoms. The molecule has 0 aliphatic carbocycles. The minimum Gasteiger partial charge on any atom is -0.468 e. The number of methoxy groups -OCH3 is 1. The van der Waals surface area contributed by atoms with Gasteiger partial charge in [-0.25, -0.2) is 0 Å². The molecule has 0 radical (unpaired) electrons. The van der Waals surface area contributed by atoms with Crippen molar-refractivity contribution in [3.8, 4) is 0 Å². The number of nitro benzene ring substituents is 2. The maximum Gasteiger partial charge on any atom is 0.325 e. The van der Waals surface area contributed by atoms with E-state index in [1.165, 1.54) is 0 Å². The Balaban J connectivity index is 3.27. The Hall–Kier alpha value is -1.93. The summed E-state index contributed by atoms with van der Waals surface area (Å²) < 4.78 is 4.38. The minimum atomic E-state index is -1.36. The number of esters is 1. The van der Waals surface area contributed by atoms with Gasteiger partial charge in [0.1, 0.15) is 0 Å². The fourth-order valence-electron chi connectivity index (χ4n) is 1.43. The fourth-order valence-corrected chi connectivity index (χ4v) is 1.94. The van der Waals surface area contributed by atoms with Crippen LogP contribution in [0, 0.1) is 20.2 Å². The molecule has 1 aromatic rings. The lowest BCUT2D eigenvalue weighted by atomic mass is 10.1. The smallest absolute Gasteiger partial charge is 0.325 e. The van der Waals surface area contributed by atoms with Crippen molar-refractivity contribution in [3.05, 3.63) is 44.0 Å². The first-order valence-electron chi connectivity index (χ1n) is 5.08. The van der Waals surface area contributed by atoms with Gasteiger partial charge in [0.15, 0.2) is 5.38 Å². The first-order chi connectivity index (χ1) is 9.29. The van der Waals surface area contributed by atoms with Crippen LogP contribution in [-0.2, 0) is 9.53 Å². The number of carbonyl (C=O) groups is 1. The summed E-state index contributed by atoms with van der Waals surface area (Å²) in [6.07, 6.45) is 0. The van der Waals surface area contributed by atoms with Crippen LogP contribution in [0.3, 0.4) is 0 Å². The van der Waals surface area contributed by atoms with E-state index >= 15 is 0 Å². The molecular formula is C10H8Cl2N2O6. The Morgan fingerprint density at radius 2 is 1.85 bits per heavy atom. The number of hydrogen-bond donors (Lipinski definition) is 0. The van der Waals surface area contributed by atoms with E-state index in [0.717, 1.165) is 25.3 Å². The summed E-state index contributed by atoms with van der Waals surface area (Å²) in [5.74, 6) is -0.862. The van der Waals surface area contributed by atoms with Crippen LogP contribution >= 0.6 is 23.2 Å². The van der Waals surface area contributed by atoms with Gasteiger partial charge < -0.3 is 4.74 Å². The lowest BCUT2D eigenvalue weighted by molar-refractivity contribution is -0.394. The monoisotopic (exact) mass is 322 g/mol. The highest BCUT2D eigenvalue weighted by Gasteiger charge is 2.33. The minimum absolute atomic E-state index is 0.104. The van der Waals surface area contributed by atoms with Crippen molar-refractivity contribution in [3.63, 3.8) is 0 Å². The van der Waals surface area contributed by atoms with Crippen LogP contribution in [0.4, 0.5) is 11.4 Å². The number of rotatable bonds is 5. The summed E-state index contributed by atoms with van der Waals surface area (Å²) in [5, 5.41) is 18.9. The van der Waals surface area contributed by atoms with Crippen LogP contribution in [0.25, 0.3) is 0 Å². The van der Waals surface area contributed by atoms with Crippen molar-refractivity contribution in [1.29, 1.82) is 0 Å². The molecule has 8 nitrogen and oxygen atoms in total. The fraction of sp³-hybridized carbons (Fsp3) is 0.300. The van der Waals surface area contributed by atoms with Crippen LogP contribution in [0.1, 0.15) is 10.9 Å². The Bertz CT molecular complexity index is 565. The third-order valence-corrected chi connectivity index (χ3v) is 3.45. The molecule has 0 saturated heterocycles. The zero-order chi connectivity index (χ0) is 15.4. The van der Waals surface area contributed by atoms with Gasteiger partial charge in [-0.2, -0.15) is 0 Å². The Kier molecular flexibility index (Phi) is 5.23. The van der Waals surface area contributed by atoms with Crippen molar-refractivity contribution in [2.45, 2.75) is 10.8 Å². The number of hydrogen-bond acceptors (Lipinski definition) is 6. The molecule has 0 aliphatic rings. The van der Waals surface area contributed by atoms with Crippen LogP contribution in [0.15, 0.2) is 18.2 Å². The Morgan fingerprint density at radius 3 is 2.30 bits per heavy atom. The van der Waals surface area contributed by atoms with Crippen molar-refractivity contribution in [1.82, 2.24) is 0 Å². The standard InChI is InChI=1S/C10H8Cl2N2O6/c1-20-10(15)9(12)8(11)6-3-2-5(13(16)17)4-7(6)14(18)19/h2-4,8-9H,1H3. The zero-order valence-corrected chi connectivity index (χ0v) is 11.5. The number of nitrogens with zero attached hydrogens (tertiary/aromatic N) is 2. The molecule has 1 rings (SSSR count). The van der Waals surface area contributed by atoms with Crippen molar-refractivity contribution in [2.24, 2.45) is 0 Å². The van der Waals surface area contributed by atoms with E-state index < -0.39 is 37.9 Å². The molecule has 0 aromatic heterocycles. The average Bonchev–Trinajstić information content (AvgIpc) is 2.43. The highest BCUT2D eigenvalue weighted by atomic mass is 35.5. The molecule has 0 amide bonds. The lowest BCUT2D eigenvalue weighted by Gasteiger charge is -2.14. The number of ether oxygens (including phenoxy) is 1. The van der Waals surface area contributed by atoms with Crippen LogP contribution in [0.5, 0.6) is 0 Å². The normalized spacial score (nSPS) is 13.3. The van der Waals surface area contributed by atoms with Gasteiger partial charge in [0.05, 0.1) is 34.0 Å². The summed E-state index contributed by atoms with van der Waals surface area (Å²) >= 11 is 11.6. The first-order valence-corrected chi connectivity index (χ1v) is 5.95. The van der Waals surface area contributed by atoms with Gasteiger partial charge in [-0.15, -0.1) is 23.2 Å². The summed E-state index contributed by atoms with van der Waals surface area (Å²) in [6, 6.07) is 2.89. The number of alkyl halides is 2. The molecule has 108 valence electrons. The van der Waals surface area contributed by atoms with E-state index in [9.17, 15) is 25.0 Å². The summed E-state index contributed by atoms with van der Waals surface area (Å²) in [7, 11) is 1.09. The predicted molar refractivity (Wildman–Crippen MR) is 70.0 cm³/mol. The Morgan fingerprint density at radius 1 is 1.25 bits per heavy atom. The van der Waals surface area contributed by atoms with Crippen molar-refractivity contribution >= 4 is 40.5 Å². The molecule has 1 aromatic carbocycles. The van der Waals surface area contributed by atoms with Gasteiger partial charge in [0.2, 0.25) is 0 Å². The first kappa shape index (κ1) is 16.1. The third kappa shape index (κ3) is 3.34. The summed E-state index contributed by atoms with van der Waals surface area (Å²) in [4.78, 5) is 31.2. The average molecular weight is 323 g/mol. The topological polar surface area (TPSA) is 113 Å².